The molecule has 0 aliphatic carbocycles. The first-order valence-electron chi connectivity index (χ1n) is 5.88. The molecule has 4 heteroatoms. The van der Waals surface area contributed by atoms with Crippen molar-refractivity contribution in [2.75, 3.05) is 13.2 Å². The Kier molecular flexibility index (Phi) is 3.74. The Morgan fingerprint density at radius 3 is 2.82 bits per heavy atom. The lowest BCUT2D eigenvalue weighted by atomic mass is 10.1. The quantitative estimate of drug-likeness (QED) is 0.816. The number of benzene rings is 1. The Labute approximate surface area is 100.0 Å². The maximum Gasteiger partial charge on any atom is 0.129 e. The molecule has 17 heavy (non-hydrogen) atoms. The summed E-state index contributed by atoms with van der Waals surface area (Å²) in [5, 5.41) is 3.24. The Morgan fingerprint density at radius 2 is 2.06 bits per heavy atom. The average molecular weight is 241 g/mol. The van der Waals surface area contributed by atoms with E-state index in [0.717, 1.165) is 6.42 Å². The maximum absolute atomic E-state index is 13.8. The first-order valence-corrected chi connectivity index (χ1v) is 5.88. The molecule has 2 rings (SSSR count). The van der Waals surface area contributed by atoms with Crippen LogP contribution < -0.4 is 5.32 Å². The van der Waals surface area contributed by atoms with E-state index in [1.54, 1.807) is 6.92 Å². The van der Waals surface area contributed by atoms with Crippen molar-refractivity contribution in [2.24, 2.45) is 0 Å². The molecule has 94 valence electrons. The van der Waals surface area contributed by atoms with E-state index in [1.807, 2.05) is 0 Å². The molecule has 0 amide bonds. The lowest BCUT2D eigenvalue weighted by Gasteiger charge is -2.17. The number of aryl methyl sites for hydroxylation is 1. The summed E-state index contributed by atoms with van der Waals surface area (Å²) in [4.78, 5) is 0. The predicted octanol–water partition coefficient (Wildman–Crippen LogP) is 2.71. The Balaban J connectivity index is 2.24. The van der Waals surface area contributed by atoms with Crippen LogP contribution >= 0.6 is 0 Å². The minimum absolute atomic E-state index is 0.301. The largest absolute Gasteiger partial charge is 0.372 e. The van der Waals surface area contributed by atoms with Crippen molar-refractivity contribution >= 4 is 0 Å². The van der Waals surface area contributed by atoms with E-state index in [1.165, 1.54) is 12.1 Å². The van der Waals surface area contributed by atoms with E-state index < -0.39 is 11.9 Å². The fourth-order valence-electron chi connectivity index (χ4n) is 1.96. The minimum Gasteiger partial charge on any atom is -0.372 e. The molecule has 1 fully saturated rings. The fourth-order valence-corrected chi connectivity index (χ4v) is 1.96. The number of hydrogen-bond donors (Lipinski definition) is 1. The van der Waals surface area contributed by atoms with Crippen molar-refractivity contribution in [1.29, 1.82) is 0 Å². The summed E-state index contributed by atoms with van der Waals surface area (Å²) in [5.74, 6) is -0.785. The van der Waals surface area contributed by atoms with Gasteiger partial charge in [-0.15, -0.1) is 0 Å². The third kappa shape index (κ3) is 2.82. The second-order valence-corrected chi connectivity index (χ2v) is 4.58. The molecule has 2 unspecified atom stereocenters. The monoisotopic (exact) mass is 241 g/mol. The van der Waals surface area contributed by atoms with Gasteiger partial charge in [-0.2, -0.15) is 0 Å². The Bertz CT molecular complexity index is 409. The molecular formula is C13H17F2NO. The minimum atomic E-state index is -0.407. The van der Waals surface area contributed by atoms with Gasteiger partial charge in [0, 0.05) is 24.8 Å². The van der Waals surface area contributed by atoms with E-state index in [0.29, 0.717) is 30.3 Å². The first-order chi connectivity index (χ1) is 8.08. The zero-order chi connectivity index (χ0) is 12.4. The van der Waals surface area contributed by atoms with Gasteiger partial charge in [-0.3, -0.25) is 0 Å². The summed E-state index contributed by atoms with van der Waals surface area (Å²) in [5.41, 5.74) is 0.621. The highest BCUT2D eigenvalue weighted by Gasteiger charge is 2.21. The molecular weight excluding hydrogens is 224 g/mol. The molecule has 2 nitrogen and oxygen atoms in total. The van der Waals surface area contributed by atoms with Crippen LogP contribution in [0.5, 0.6) is 0 Å². The van der Waals surface area contributed by atoms with Crippen molar-refractivity contribution in [3.05, 3.63) is 34.9 Å². The van der Waals surface area contributed by atoms with Crippen molar-refractivity contribution in [1.82, 2.24) is 5.32 Å². The second kappa shape index (κ2) is 5.10. The standard InChI is InChI=1S/C13H17F2NO/c1-8-5-12(15)10(6-11(8)14)13-7-16-9(2)3-4-17-13/h5-6,9,13,16H,3-4,7H2,1-2H3. The Hall–Kier alpha value is -1.00. The molecule has 0 aromatic heterocycles. The van der Waals surface area contributed by atoms with Gasteiger partial charge in [-0.1, -0.05) is 0 Å². The molecule has 1 aromatic rings. The number of nitrogens with one attached hydrogen (secondary N) is 1. The first kappa shape index (κ1) is 12.5. The van der Waals surface area contributed by atoms with Gasteiger partial charge in [-0.05, 0) is 38.0 Å². The summed E-state index contributed by atoms with van der Waals surface area (Å²) >= 11 is 0. The molecule has 0 saturated carbocycles. The molecule has 0 spiro atoms. The van der Waals surface area contributed by atoms with Gasteiger partial charge < -0.3 is 10.1 Å². The van der Waals surface area contributed by atoms with Gasteiger partial charge in [0.1, 0.15) is 11.6 Å². The van der Waals surface area contributed by atoms with Crippen molar-refractivity contribution < 1.29 is 13.5 Å². The maximum atomic E-state index is 13.8. The van der Waals surface area contributed by atoms with Crippen LogP contribution in [0, 0.1) is 18.6 Å². The molecule has 1 aromatic carbocycles. The van der Waals surface area contributed by atoms with Crippen LogP contribution in [-0.2, 0) is 4.74 Å². The van der Waals surface area contributed by atoms with E-state index in [-0.39, 0.29) is 5.82 Å². The second-order valence-electron chi connectivity index (χ2n) is 4.58. The smallest absolute Gasteiger partial charge is 0.129 e. The normalized spacial score (nSPS) is 25.6. The SMILES string of the molecule is Cc1cc(F)c(C2CNC(C)CCO2)cc1F. The number of rotatable bonds is 1. The van der Waals surface area contributed by atoms with Crippen LogP contribution in [0.3, 0.4) is 0 Å². The third-order valence-electron chi connectivity index (χ3n) is 3.15. The number of ether oxygens (including phenoxy) is 1. The van der Waals surface area contributed by atoms with Crippen LogP contribution in [0.2, 0.25) is 0 Å². The highest BCUT2D eigenvalue weighted by atomic mass is 19.1. The lowest BCUT2D eigenvalue weighted by molar-refractivity contribution is 0.0637. The number of hydrogen-bond acceptors (Lipinski definition) is 2. The van der Waals surface area contributed by atoms with Crippen LogP contribution in [0.1, 0.15) is 30.6 Å². The van der Waals surface area contributed by atoms with Gasteiger partial charge in [0.25, 0.3) is 0 Å². The fraction of sp³-hybridized carbons (Fsp3) is 0.538. The van der Waals surface area contributed by atoms with E-state index in [2.05, 4.69) is 12.2 Å². The molecule has 0 bridgehead atoms. The van der Waals surface area contributed by atoms with E-state index >= 15 is 0 Å². The summed E-state index contributed by atoms with van der Waals surface area (Å²) in [6.45, 7) is 4.68. The van der Waals surface area contributed by atoms with Crippen molar-refractivity contribution in [3.63, 3.8) is 0 Å². The zero-order valence-electron chi connectivity index (χ0n) is 10.1. The van der Waals surface area contributed by atoms with E-state index in [4.69, 9.17) is 4.74 Å². The van der Waals surface area contributed by atoms with Gasteiger partial charge in [0.2, 0.25) is 0 Å². The van der Waals surface area contributed by atoms with Gasteiger partial charge in [0.05, 0.1) is 6.10 Å². The molecule has 1 N–H and O–H groups in total. The molecule has 2 atom stereocenters. The summed E-state index contributed by atoms with van der Waals surface area (Å²) in [6, 6.07) is 2.81. The van der Waals surface area contributed by atoms with Crippen molar-refractivity contribution in [2.45, 2.75) is 32.4 Å². The third-order valence-corrected chi connectivity index (χ3v) is 3.15. The van der Waals surface area contributed by atoms with Crippen LogP contribution in [0.4, 0.5) is 8.78 Å². The Morgan fingerprint density at radius 1 is 1.29 bits per heavy atom. The van der Waals surface area contributed by atoms with Crippen molar-refractivity contribution in [3.8, 4) is 0 Å². The molecule has 0 radical (unpaired) electrons. The topological polar surface area (TPSA) is 21.3 Å². The van der Waals surface area contributed by atoms with Gasteiger partial charge >= 0.3 is 0 Å². The summed E-state index contributed by atoms with van der Waals surface area (Å²) in [6.07, 6.45) is 0.474. The zero-order valence-corrected chi connectivity index (χ0v) is 10.1. The molecule has 1 saturated heterocycles. The molecule has 1 heterocycles. The summed E-state index contributed by atoms with van der Waals surface area (Å²) in [7, 11) is 0. The van der Waals surface area contributed by atoms with E-state index in [9.17, 15) is 8.78 Å². The van der Waals surface area contributed by atoms with Crippen LogP contribution in [0.15, 0.2) is 12.1 Å². The van der Waals surface area contributed by atoms with Crippen LogP contribution in [-0.4, -0.2) is 19.2 Å². The highest BCUT2D eigenvalue weighted by Crippen LogP contribution is 2.25. The lowest BCUT2D eigenvalue weighted by Crippen LogP contribution is -2.28. The summed E-state index contributed by atoms with van der Waals surface area (Å²) < 4.78 is 32.8. The predicted molar refractivity (Wildman–Crippen MR) is 61.9 cm³/mol. The molecule has 1 aliphatic heterocycles. The average Bonchev–Trinajstić information content (AvgIpc) is 2.49. The van der Waals surface area contributed by atoms with Crippen LogP contribution in [0.25, 0.3) is 0 Å². The van der Waals surface area contributed by atoms with Gasteiger partial charge in [0.15, 0.2) is 0 Å². The van der Waals surface area contributed by atoms with Gasteiger partial charge in [-0.25, -0.2) is 8.78 Å². The highest BCUT2D eigenvalue weighted by molar-refractivity contribution is 5.27. The number of halogens is 2. The molecule has 1 aliphatic rings.